The summed E-state index contributed by atoms with van der Waals surface area (Å²) in [5, 5.41) is 9.67. The maximum Gasteiger partial charge on any atom is 0.394 e. The van der Waals surface area contributed by atoms with Gasteiger partial charge in [-0.1, -0.05) is 0 Å². The Balaban J connectivity index is 2.43. The fraction of sp³-hybridized carbons (Fsp3) is 1.00. The highest BCUT2D eigenvalue weighted by atomic mass is 19.4. The first kappa shape index (κ1) is 13.7. The van der Waals surface area contributed by atoms with Crippen molar-refractivity contribution in [3.8, 4) is 0 Å². The van der Waals surface area contributed by atoms with E-state index in [-0.39, 0.29) is 13.1 Å². The van der Waals surface area contributed by atoms with Gasteiger partial charge in [0, 0.05) is 26.2 Å². The Morgan fingerprint density at radius 3 is 2.25 bits per heavy atom. The molecule has 1 aliphatic heterocycles. The Labute approximate surface area is 93.4 Å². The second-order valence-corrected chi connectivity index (χ2v) is 4.77. The molecule has 0 aromatic heterocycles. The summed E-state index contributed by atoms with van der Waals surface area (Å²) in [6, 6.07) is 0. The third-order valence-corrected chi connectivity index (χ3v) is 3.16. The van der Waals surface area contributed by atoms with E-state index in [9.17, 15) is 18.3 Å². The third kappa shape index (κ3) is 3.92. The molecular weight excluding hydrogens is 221 g/mol. The lowest BCUT2D eigenvalue weighted by atomic mass is 9.93. The quantitative estimate of drug-likeness (QED) is 0.773. The van der Waals surface area contributed by atoms with Crippen molar-refractivity contribution < 1.29 is 18.3 Å². The van der Waals surface area contributed by atoms with E-state index < -0.39 is 17.7 Å². The molecule has 0 aromatic carbocycles. The number of piperidine rings is 1. The third-order valence-electron chi connectivity index (χ3n) is 3.16. The average Bonchev–Trinajstić information content (AvgIpc) is 2.14. The van der Waals surface area contributed by atoms with E-state index >= 15 is 0 Å². The molecule has 1 saturated heterocycles. The second-order valence-electron chi connectivity index (χ2n) is 4.77. The Morgan fingerprint density at radius 1 is 1.38 bits per heavy atom. The number of hydrogen-bond acceptors (Lipinski definition) is 3. The Kier molecular flexibility index (Phi) is 4.20. The predicted octanol–water partition coefficient (Wildman–Crippen LogP) is 0.970. The van der Waals surface area contributed by atoms with Crippen molar-refractivity contribution in [3.63, 3.8) is 0 Å². The first-order valence-corrected chi connectivity index (χ1v) is 5.46. The van der Waals surface area contributed by atoms with Crippen LogP contribution in [0, 0.1) is 5.92 Å². The topological polar surface area (TPSA) is 49.5 Å². The number of hydrogen-bond donors (Lipinski definition) is 2. The maximum absolute atomic E-state index is 12.5. The van der Waals surface area contributed by atoms with Crippen LogP contribution in [0.3, 0.4) is 0 Å². The van der Waals surface area contributed by atoms with Crippen molar-refractivity contribution in [2.75, 3.05) is 26.2 Å². The predicted molar refractivity (Wildman–Crippen MR) is 54.9 cm³/mol. The zero-order valence-electron chi connectivity index (χ0n) is 9.43. The van der Waals surface area contributed by atoms with Gasteiger partial charge in [0.25, 0.3) is 0 Å². The summed E-state index contributed by atoms with van der Waals surface area (Å²) in [4.78, 5) is 1.73. The van der Waals surface area contributed by atoms with Crippen LogP contribution in [0.15, 0.2) is 0 Å². The van der Waals surface area contributed by atoms with E-state index in [0.29, 0.717) is 25.9 Å². The molecule has 96 valence electrons. The van der Waals surface area contributed by atoms with Gasteiger partial charge in [-0.3, -0.25) is 0 Å². The molecule has 16 heavy (non-hydrogen) atoms. The molecule has 1 rings (SSSR count). The van der Waals surface area contributed by atoms with Crippen molar-refractivity contribution in [2.24, 2.45) is 11.7 Å². The molecule has 1 unspecified atom stereocenters. The number of rotatable bonds is 3. The second kappa shape index (κ2) is 4.89. The van der Waals surface area contributed by atoms with Gasteiger partial charge in [-0.2, -0.15) is 13.2 Å². The van der Waals surface area contributed by atoms with Gasteiger partial charge in [-0.05, 0) is 19.8 Å². The van der Waals surface area contributed by atoms with Gasteiger partial charge in [0.05, 0.1) is 11.5 Å². The molecule has 0 amide bonds. The van der Waals surface area contributed by atoms with Crippen LogP contribution >= 0.6 is 0 Å². The lowest BCUT2D eigenvalue weighted by molar-refractivity contribution is -0.177. The van der Waals surface area contributed by atoms with Crippen molar-refractivity contribution >= 4 is 0 Å². The highest BCUT2D eigenvalue weighted by Gasteiger charge is 2.40. The van der Waals surface area contributed by atoms with Crippen LogP contribution in [0.4, 0.5) is 13.2 Å². The van der Waals surface area contributed by atoms with Crippen LogP contribution in [0.25, 0.3) is 0 Å². The largest absolute Gasteiger partial charge is 0.394 e. The van der Waals surface area contributed by atoms with Gasteiger partial charge in [-0.25, -0.2) is 0 Å². The molecular formula is C10H19F3N2O. The summed E-state index contributed by atoms with van der Waals surface area (Å²) < 4.78 is 37.4. The summed E-state index contributed by atoms with van der Waals surface area (Å²) in [7, 11) is 0. The molecule has 6 heteroatoms. The molecule has 0 saturated carbocycles. The minimum atomic E-state index is -4.23. The standard InChI is InChI=1S/C10H19F3N2O/c1-9(16)2-4-15(5-3-9)7-8(6-14)10(11,12)13/h8,16H,2-7,14H2,1H3. The number of alkyl halides is 3. The van der Waals surface area contributed by atoms with Crippen molar-refractivity contribution in [3.05, 3.63) is 0 Å². The highest BCUT2D eigenvalue weighted by Crippen LogP contribution is 2.28. The highest BCUT2D eigenvalue weighted by molar-refractivity contribution is 4.83. The van der Waals surface area contributed by atoms with E-state index in [0.717, 1.165) is 0 Å². The molecule has 0 radical (unpaired) electrons. The summed E-state index contributed by atoms with van der Waals surface area (Å²) in [6.45, 7) is 2.28. The molecule has 0 aromatic rings. The maximum atomic E-state index is 12.5. The van der Waals surface area contributed by atoms with E-state index in [1.807, 2.05) is 0 Å². The molecule has 3 N–H and O–H groups in total. The van der Waals surface area contributed by atoms with Gasteiger partial charge >= 0.3 is 6.18 Å². The fourth-order valence-electron chi connectivity index (χ4n) is 1.84. The van der Waals surface area contributed by atoms with Crippen LogP contribution in [-0.2, 0) is 0 Å². The molecule has 1 aliphatic rings. The minimum Gasteiger partial charge on any atom is -0.390 e. The molecule has 1 heterocycles. The zero-order chi connectivity index (χ0) is 12.4. The molecule has 0 bridgehead atoms. The van der Waals surface area contributed by atoms with E-state index in [1.54, 1.807) is 11.8 Å². The summed E-state index contributed by atoms with van der Waals surface area (Å²) in [6.07, 6.45) is -3.20. The monoisotopic (exact) mass is 240 g/mol. The lowest BCUT2D eigenvalue weighted by Gasteiger charge is -2.37. The number of nitrogens with zero attached hydrogens (tertiary/aromatic N) is 1. The molecule has 1 fully saturated rings. The Morgan fingerprint density at radius 2 is 1.88 bits per heavy atom. The summed E-state index contributed by atoms with van der Waals surface area (Å²) in [5.41, 5.74) is 4.40. The van der Waals surface area contributed by atoms with Gasteiger partial charge in [0.1, 0.15) is 0 Å². The smallest absolute Gasteiger partial charge is 0.390 e. The average molecular weight is 240 g/mol. The zero-order valence-corrected chi connectivity index (χ0v) is 9.43. The first-order chi connectivity index (χ1) is 7.24. The van der Waals surface area contributed by atoms with Crippen LogP contribution in [0.5, 0.6) is 0 Å². The molecule has 1 atom stereocenters. The van der Waals surface area contributed by atoms with Crippen molar-refractivity contribution in [1.29, 1.82) is 0 Å². The van der Waals surface area contributed by atoms with Gasteiger partial charge in [0.2, 0.25) is 0 Å². The molecule has 0 spiro atoms. The van der Waals surface area contributed by atoms with Crippen molar-refractivity contribution in [1.82, 2.24) is 4.90 Å². The molecule has 0 aliphatic carbocycles. The molecule has 3 nitrogen and oxygen atoms in total. The van der Waals surface area contributed by atoms with Gasteiger partial charge in [0.15, 0.2) is 0 Å². The number of aliphatic hydroxyl groups is 1. The lowest BCUT2D eigenvalue weighted by Crippen LogP contribution is -2.47. The Bertz CT molecular complexity index is 221. The van der Waals surface area contributed by atoms with E-state index in [4.69, 9.17) is 5.73 Å². The van der Waals surface area contributed by atoms with E-state index in [1.165, 1.54) is 0 Å². The SMILES string of the molecule is CC1(O)CCN(CC(CN)C(F)(F)F)CC1. The van der Waals surface area contributed by atoms with Crippen LogP contribution in [0.1, 0.15) is 19.8 Å². The van der Waals surface area contributed by atoms with Crippen LogP contribution in [-0.4, -0.2) is 48.0 Å². The van der Waals surface area contributed by atoms with Crippen LogP contribution in [0.2, 0.25) is 0 Å². The first-order valence-electron chi connectivity index (χ1n) is 5.46. The summed E-state index contributed by atoms with van der Waals surface area (Å²) >= 11 is 0. The van der Waals surface area contributed by atoms with Crippen LogP contribution < -0.4 is 5.73 Å². The summed E-state index contributed by atoms with van der Waals surface area (Å²) in [5.74, 6) is -1.46. The Hall–Kier alpha value is -0.330. The van der Waals surface area contributed by atoms with Crippen molar-refractivity contribution in [2.45, 2.75) is 31.5 Å². The van der Waals surface area contributed by atoms with E-state index in [2.05, 4.69) is 0 Å². The number of halogens is 3. The number of nitrogens with two attached hydrogens (primary N) is 1. The van der Waals surface area contributed by atoms with Gasteiger partial charge < -0.3 is 15.7 Å². The normalized spacial score (nSPS) is 24.4. The fourth-order valence-corrected chi connectivity index (χ4v) is 1.84. The van der Waals surface area contributed by atoms with Gasteiger partial charge in [-0.15, -0.1) is 0 Å². The number of likely N-dealkylation sites (tertiary alicyclic amines) is 1. The minimum absolute atomic E-state index is 0.0594.